The van der Waals surface area contributed by atoms with E-state index in [1.54, 1.807) is 18.2 Å². The van der Waals surface area contributed by atoms with Crippen LogP contribution in [0.15, 0.2) is 24.3 Å². The second-order valence-corrected chi connectivity index (χ2v) is 6.20. The minimum atomic E-state index is -0.834. The maximum Gasteiger partial charge on any atom is 0.217 e. The van der Waals surface area contributed by atoms with Crippen LogP contribution in [-0.2, 0) is 4.79 Å². The summed E-state index contributed by atoms with van der Waals surface area (Å²) < 4.78 is 18.9. The summed E-state index contributed by atoms with van der Waals surface area (Å²) >= 11 is 0. The molecule has 1 saturated heterocycles. The second-order valence-electron chi connectivity index (χ2n) is 6.20. The van der Waals surface area contributed by atoms with Gasteiger partial charge < -0.3 is 20.5 Å². The van der Waals surface area contributed by atoms with E-state index in [-0.39, 0.29) is 23.9 Å². The number of para-hydroxylation sites is 1. The molecule has 0 bridgehead atoms. The third kappa shape index (κ3) is 5.80. The summed E-state index contributed by atoms with van der Waals surface area (Å²) in [5, 5.41) is 10.5. The molecular weight excluding hydrogens is 299 g/mol. The lowest BCUT2D eigenvalue weighted by molar-refractivity contribution is -0.120. The average Bonchev–Trinajstić information content (AvgIpc) is 2.51. The number of carbonyl (C=O) groups excluding carboxylic acids is 1. The van der Waals surface area contributed by atoms with Crippen molar-refractivity contribution in [2.45, 2.75) is 37.7 Å². The van der Waals surface area contributed by atoms with E-state index >= 15 is 0 Å². The lowest BCUT2D eigenvalue weighted by Gasteiger charge is -2.39. The Morgan fingerprint density at radius 1 is 1.43 bits per heavy atom. The molecule has 1 atom stereocenters. The van der Waals surface area contributed by atoms with E-state index in [1.807, 2.05) is 0 Å². The maximum atomic E-state index is 13.4. The number of aliphatic hydroxyl groups is 1. The van der Waals surface area contributed by atoms with Crippen LogP contribution in [-0.4, -0.2) is 47.8 Å². The Bertz CT molecular complexity index is 526. The van der Waals surface area contributed by atoms with E-state index in [0.29, 0.717) is 26.0 Å². The fourth-order valence-electron chi connectivity index (χ4n) is 2.99. The summed E-state index contributed by atoms with van der Waals surface area (Å²) in [4.78, 5) is 13.1. The fourth-order valence-corrected chi connectivity index (χ4v) is 2.99. The molecule has 3 N–H and O–H groups in total. The van der Waals surface area contributed by atoms with Crippen LogP contribution in [0, 0.1) is 5.82 Å². The van der Waals surface area contributed by atoms with Crippen LogP contribution in [0.3, 0.4) is 0 Å². The van der Waals surface area contributed by atoms with Gasteiger partial charge >= 0.3 is 0 Å². The Balaban J connectivity index is 1.71. The van der Waals surface area contributed by atoms with Gasteiger partial charge in [0.15, 0.2) is 11.6 Å². The molecule has 1 amide bonds. The van der Waals surface area contributed by atoms with E-state index in [9.17, 15) is 14.3 Å². The van der Waals surface area contributed by atoms with Crippen LogP contribution in [0.4, 0.5) is 4.39 Å². The number of nitrogens with zero attached hydrogens (tertiary/aromatic N) is 1. The molecular formula is C17H25FN2O3. The molecule has 1 aliphatic rings. The first-order valence-electron chi connectivity index (χ1n) is 8.09. The molecule has 0 aliphatic carbocycles. The van der Waals surface area contributed by atoms with Crippen molar-refractivity contribution in [1.29, 1.82) is 0 Å². The summed E-state index contributed by atoms with van der Waals surface area (Å²) in [6.07, 6.45) is 2.96. The lowest BCUT2D eigenvalue weighted by Crippen LogP contribution is -2.48. The zero-order valence-electron chi connectivity index (χ0n) is 13.3. The molecule has 0 saturated carbocycles. The van der Waals surface area contributed by atoms with Crippen molar-refractivity contribution in [2.75, 3.05) is 26.2 Å². The minimum Gasteiger partial charge on any atom is -0.490 e. The number of halogens is 1. The minimum absolute atomic E-state index is 0.209. The van der Waals surface area contributed by atoms with Gasteiger partial charge in [0, 0.05) is 19.5 Å². The molecule has 0 radical (unpaired) electrons. The first-order chi connectivity index (χ1) is 11.0. The number of rotatable bonds is 8. The van der Waals surface area contributed by atoms with Crippen LogP contribution in [0.2, 0.25) is 0 Å². The van der Waals surface area contributed by atoms with E-state index in [1.165, 1.54) is 6.07 Å². The van der Waals surface area contributed by atoms with Gasteiger partial charge in [-0.25, -0.2) is 4.39 Å². The third-order valence-electron chi connectivity index (χ3n) is 4.18. The molecule has 1 unspecified atom stereocenters. The van der Waals surface area contributed by atoms with Crippen molar-refractivity contribution in [3.05, 3.63) is 30.1 Å². The highest BCUT2D eigenvalue weighted by Crippen LogP contribution is 2.25. The monoisotopic (exact) mass is 324 g/mol. The van der Waals surface area contributed by atoms with Gasteiger partial charge in [-0.2, -0.15) is 0 Å². The van der Waals surface area contributed by atoms with Gasteiger partial charge in [0.25, 0.3) is 0 Å². The molecule has 0 spiro atoms. The van der Waals surface area contributed by atoms with E-state index in [0.717, 1.165) is 25.9 Å². The van der Waals surface area contributed by atoms with Gasteiger partial charge in [0.05, 0.1) is 12.2 Å². The van der Waals surface area contributed by atoms with Crippen molar-refractivity contribution in [2.24, 2.45) is 5.73 Å². The van der Waals surface area contributed by atoms with Gasteiger partial charge in [0.2, 0.25) is 5.91 Å². The van der Waals surface area contributed by atoms with Gasteiger partial charge in [-0.3, -0.25) is 4.79 Å². The molecule has 1 aromatic rings. The fraction of sp³-hybridized carbons (Fsp3) is 0.588. The number of piperidine rings is 1. The number of β-amino-alcohol motifs (C(OH)–C–C–N with tert-alkyl or cyclic N) is 1. The first kappa shape index (κ1) is 17.7. The Labute approximate surface area is 136 Å². The molecule has 1 aromatic carbocycles. The second kappa shape index (κ2) is 8.26. The number of ether oxygens (including phenoxy) is 1. The molecule has 0 aromatic heterocycles. The molecule has 5 nitrogen and oxygen atoms in total. The van der Waals surface area contributed by atoms with Crippen LogP contribution in [0.5, 0.6) is 5.75 Å². The summed E-state index contributed by atoms with van der Waals surface area (Å²) in [5.41, 5.74) is 4.32. The Kier molecular flexibility index (Phi) is 6.36. The van der Waals surface area contributed by atoms with Crippen molar-refractivity contribution >= 4 is 5.91 Å². The number of carbonyl (C=O) groups is 1. The number of benzene rings is 1. The number of hydrogen-bond donors (Lipinski definition) is 2. The number of hydrogen-bond acceptors (Lipinski definition) is 4. The lowest BCUT2D eigenvalue weighted by atomic mass is 9.88. The molecule has 1 heterocycles. The number of amides is 1. The SMILES string of the molecule is NC(=O)CCC1(O)CCCN(CCCOc2ccccc2F)C1. The van der Waals surface area contributed by atoms with Crippen LogP contribution < -0.4 is 10.5 Å². The average molecular weight is 324 g/mol. The van der Waals surface area contributed by atoms with Crippen molar-refractivity contribution in [3.8, 4) is 5.75 Å². The predicted molar refractivity (Wildman–Crippen MR) is 85.6 cm³/mol. The standard InChI is InChI=1S/C17H25FN2O3/c18-14-5-1-2-6-15(14)23-12-4-11-20-10-3-8-17(22,13-20)9-7-16(19)21/h1-2,5-6,22H,3-4,7-13H2,(H2,19,21). The Morgan fingerprint density at radius 3 is 2.96 bits per heavy atom. The number of primary amides is 1. The zero-order valence-corrected chi connectivity index (χ0v) is 13.3. The van der Waals surface area contributed by atoms with Crippen LogP contribution >= 0.6 is 0 Å². The largest absolute Gasteiger partial charge is 0.490 e. The molecule has 1 fully saturated rings. The van der Waals surface area contributed by atoms with Crippen molar-refractivity contribution in [1.82, 2.24) is 4.90 Å². The highest BCUT2D eigenvalue weighted by Gasteiger charge is 2.32. The van der Waals surface area contributed by atoms with Gasteiger partial charge in [-0.15, -0.1) is 0 Å². The molecule has 128 valence electrons. The van der Waals surface area contributed by atoms with Crippen molar-refractivity contribution in [3.63, 3.8) is 0 Å². The topological polar surface area (TPSA) is 75.8 Å². The molecule has 6 heteroatoms. The third-order valence-corrected chi connectivity index (χ3v) is 4.18. The normalized spacial score (nSPS) is 22.0. The zero-order chi connectivity index (χ0) is 16.7. The maximum absolute atomic E-state index is 13.4. The Morgan fingerprint density at radius 2 is 2.22 bits per heavy atom. The van der Waals surface area contributed by atoms with E-state index in [4.69, 9.17) is 10.5 Å². The van der Waals surface area contributed by atoms with Crippen molar-refractivity contribution < 1.29 is 19.0 Å². The first-order valence-corrected chi connectivity index (χ1v) is 8.09. The summed E-state index contributed by atoms with van der Waals surface area (Å²) in [6.45, 7) is 2.66. The molecule has 23 heavy (non-hydrogen) atoms. The quantitative estimate of drug-likeness (QED) is 0.714. The highest BCUT2D eigenvalue weighted by molar-refractivity contribution is 5.73. The van der Waals surface area contributed by atoms with Gasteiger partial charge in [-0.05, 0) is 44.4 Å². The molecule has 1 aliphatic heterocycles. The summed E-state index contributed by atoms with van der Waals surface area (Å²) in [5.74, 6) is -0.468. The van der Waals surface area contributed by atoms with E-state index in [2.05, 4.69) is 4.90 Å². The molecule has 2 rings (SSSR count). The van der Waals surface area contributed by atoms with Crippen LogP contribution in [0.25, 0.3) is 0 Å². The Hall–Kier alpha value is -1.66. The van der Waals surface area contributed by atoms with Gasteiger partial charge in [-0.1, -0.05) is 12.1 Å². The predicted octanol–water partition coefficient (Wildman–Crippen LogP) is 1.69. The summed E-state index contributed by atoms with van der Waals surface area (Å²) in [6, 6.07) is 6.35. The smallest absolute Gasteiger partial charge is 0.217 e. The van der Waals surface area contributed by atoms with E-state index < -0.39 is 5.60 Å². The van der Waals surface area contributed by atoms with Crippen LogP contribution in [0.1, 0.15) is 32.1 Å². The van der Waals surface area contributed by atoms with Gasteiger partial charge in [0.1, 0.15) is 0 Å². The summed E-state index contributed by atoms with van der Waals surface area (Å²) in [7, 11) is 0. The highest BCUT2D eigenvalue weighted by atomic mass is 19.1. The number of nitrogens with two attached hydrogens (primary N) is 1. The number of likely N-dealkylation sites (tertiary alicyclic amines) is 1.